The second kappa shape index (κ2) is 11.9. The minimum absolute atomic E-state index is 0.412. The molecule has 7 aromatic rings. The summed E-state index contributed by atoms with van der Waals surface area (Å²) in [5.74, 6) is 2.83. The summed E-state index contributed by atoms with van der Waals surface area (Å²) >= 11 is 3.51. The van der Waals surface area contributed by atoms with Crippen molar-refractivity contribution < 1.29 is 4.74 Å². The van der Waals surface area contributed by atoms with E-state index in [0.29, 0.717) is 5.92 Å². The van der Waals surface area contributed by atoms with E-state index >= 15 is 0 Å². The van der Waals surface area contributed by atoms with Crippen molar-refractivity contribution in [3.63, 3.8) is 0 Å². The van der Waals surface area contributed by atoms with Crippen LogP contribution in [0.4, 0.5) is 0 Å². The van der Waals surface area contributed by atoms with Gasteiger partial charge in [-0.15, -0.1) is 23.5 Å². The summed E-state index contributed by atoms with van der Waals surface area (Å²) < 4.78 is 10.6. The third-order valence-electron chi connectivity index (χ3n) is 7.93. The van der Waals surface area contributed by atoms with Crippen LogP contribution in [0.15, 0.2) is 125 Å². The first-order valence-electron chi connectivity index (χ1n) is 14.6. The van der Waals surface area contributed by atoms with Gasteiger partial charge in [-0.05, 0) is 78.6 Å². The van der Waals surface area contributed by atoms with Crippen molar-refractivity contribution in [1.82, 2.24) is 19.3 Å². The molecule has 4 aromatic carbocycles. The molecule has 0 radical (unpaired) electrons. The van der Waals surface area contributed by atoms with Crippen molar-refractivity contribution in [2.24, 2.45) is 0 Å². The highest BCUT2D eigenvalue weighted by molar-refractivity contribution is 7.99. The highest BCUT2D eigenvalue weighted by Gasteiger charge is 2.16. The van der Waals surface area contributed by atoms with Crippen molar-refractivity contribution in [2.75, 3.05) is 12.5 Å². The Balaban J connectivity index is 1.25. The molecule has 0 unspecified atom stereocenters. The minimum atomic E-state index is 0.412. The Labute approximate surface area is 265 Å². The number of fused-ring (bicyclic) bond motifs is 3. The van der Waals surface area contributed by atoms with Crippen molar-refractivity contribution in [3.8, 4) is 34.1 Å². The molecule has 0 atom stereocenters. The maximum atomic E-state index is 6.48. The first-order chi connectivity index (χ1) is 21.5. The van der Waals surface area contributed by atoms with E-state index in [0.717, 1.165) is 45.0 Å². The normalized spacial score (nSPS) is 11.6. The lowest BCUT2D eigenvalue weighted by Gasteiger charge is -2.12. The lowest BCUT2D eigenvalue weighted by Crippen LogP contribution is -1.99. The van der Waals surface area contributed by atoms with E-state index < -0.39 is 0 Å². The number of nitrogens with zero attached hydrogens (tertiary/aromatic N) is 4. The summed E-state index contributed by atoms with van der Waals surface area (Å²) in [6.45, 7) is 4.42. The minimum Gasteiger partial charge on any atom is -0.457 e. The maximum Gasteiger partial charge on any atom is 0.137 e. The van der Waals surface area contributed by atoms with Crippen molar-refractivity contribution in [3.05, 3.63) is 121 Å². The van der Waals surface area contributed by atoms with Crippen molar-refractivity contribution in [1.29, 1.82) is 0 Å². The maximum absolute atomic E-state index is 6.48. The number of benzene rings is 4. The molecular formula is C37H32N4OS2. The number of hydrogen-bond donors (Lipinski definition) is 0. The average Bonchev–Trinajstić information content (AvgIpc) is 3.67. The fraction of sp³-hybridized carbons (Fsp3) is 0.135. The Hall–Kier alpha value is -4.46. The second-order valence-corrected chi connectivity index (χ2v) is 12.6. The summed E-state index contributed by atoms with van der Waals surface area (Å²) in [5.41, 5.74) is 6.70. The summed E-state index contributed by atoms with van der Waals surface area (Å²) in [6, 6.07) is 33.6. The van der Waals surface area contributed by atoms with Crippen molar-refractivity contribution in [2.45, 2.75) is 29.6 Å². The van der Waals surface area contributed by atoms with Crippen LogP contribution in [0.25, 0.3) is 44.4 Å². The topological polar surface area (TPSA) is 44.9 Å². The van der Waals surface area contributed by atoms with Gasteiger partial charge >= 0.3 is 0 Å². The Morgan fingerprint density at radius 1 is 0.727 bits per heavy atom. The largest absolute Gasteiger partial charge is 0.457 e. The fourth-order valence-electron chi connectivity index (χ4n) is 5.73. The molecule has 218 valence electrons. The van der Waals surface area contributed by atoms with Crippen LogP contribution in [0.2, 0.25) is 0 Å². The second-order valence-electron chi connectivity index (χ2n) is 10.9. The zero-order valence-electron chi connectivity index (χ0n) is 25.1. The predicted octanol–water partition coefficient (Wildman–Crippen LogP) is 10.4. The first-order valence-corrected chi connectivity index (χ1v) is 17.0. The standard InChI is InChI=1S/C37H32N4OS2/c1-24(2)25-17-18-38-36(19-25)41-32-12-6-5-11-30(32)31-16-15-29(21-33(31)41)42-28-10-7-9-27(20-28)40-23-26(22-39-40)37-34(43-3)13-8-14-35(37)44-4/h5-24H,1-4H3. The third-order valence-corrected chi connectivity index (χ3v) is 9.49. The van der Waals surface area contributed by atoms with Crippen molar-refractivity contribution >= 4 is 45.3 Å². The molecule has 0 amide bonds. The molecule has 3 heterocycles. The first kappa shape index (κ1) is 28.3. The molecule has 0 aliphatic rings. The van der Waals surface area contributed by atoms with Gasteiger partial charge in [0.05, 0.1) is 22.9 Å². The van der Waals surface area contributed by atoms with E-state index in [1.54, 1.807) is 23.5 Å². The summed E-state index contributed by atoms with van der Waals surface area (Å²) in [7, 11) is 0. The van der Waals surface area contributed by atoms with Gasteiger partial charge in [0.15, 0.2) is 0 Å². The molecule has 7 rings (SSSR count). The number of ether oxygens (including phenoxy) is 1. The number of thioether (sulfide) groups is 2. The number of hydrogen-bond acceptors (Lipinski definition) is 5. The van der Waals surface area contributed by atoms with Crippen LogP contribution < -0.4 is 4.74 Å². The molecule has 5 nitrogen and oxygen atoms in total. The van der Waals surface area contributed by atoms with Gasteiger partial charge in [-0.2, -0.15) is 5.10 Å². The van der Waals surface area contributed by atoms with E-state index in [9.17, 15) is 0 Å². The fourth-order valence-corrected chi connectivity index (χ4v) is 7.09. The highest BCUT2D eigenvalue weighted by Crippen LogP contribution is 2.38. The third kappa shape index (κ3) is 5.16. The molecule has 0 fully saturated rings. The molecule has 0 aliphatic carbocycles. The van der Waals surface area contributed by atoms with E-state index in [1.807, 2.05) is 47.4 Å². The smallest absolute Gasteiger partial charge is 0.137 e. The highest BCUT2D eigenvalue weighted by atomic mass is 32.2. The van der Waals surface area contributed by atoms with Gasteiger partial charge in [0.2, 0.25) is 0 Å². The predicted molar refractivity (Wildman–Crippen MR) is 185 cm³/mol. The Kier molecular flexibility index (Phi) is 7.66. The van der Waals surface area contributed by atoms with E-state index in [2.05, 4.69) is 104 Å². The number of rotatable bonds is 8. The number of para-hydroxylation sites is 1. The van der Waals surface area contributed by atoms with Crippen LogP contribution in [0, 0.1) is 0 Å². The SMILES string of the molecule is CSc1cccc(SC)c1-c1cnn(-c2cccc(Oc3ccc4c5ccccc5n(-c5cc(C(C)C)ccn5)c4c3)c2)c1. The van der Waals surface area contributed by atoms with E-state index in [1.165, 1.54) is 26.3 Å². The van der Waals surface area contributed by atoms with Gasteiger partial charge in [-0.1, -0.05) is 44.2 Å². The Bertz CT molecular complexity index is 2110. The van der Waals surface area contributed by atoms with Gasteiger partial charge < -0.3 is 4.74 Å². The van der Waals surface area contributed by atoms with Gasteiger partial charge in [-0.3, -0.25) is 4.57 Å². The molecule has 7 heteroatoms. The molecule has 0 aliphatic heterocycles. The molecule has 44 heavy (non-hydrogen) atoms. The zero-order valence-corrected chi connectivity index (χ0v) is 26.7. The van der Waals surface area contributed by atoms with E-state index in [4.69, 9.17) is 14.8 Å². The van der Waals surface area contributed by atoms with Crippen LogP contribution in [-0.4, -0.2) is 31.8 Å². The van der Waals surface area contributed by atoms with Gasteiger partial charge in [0.1, 0.15) is 17.3 Å². The molecule has 0 saturated heterocycles. The summed E-state index contributed by atoms with van der Waals surface area (Å²) in [6.07, 6.45) is 10.2. The number of pyridine rings is 1. The average molecular weight is 613 g/mol. The van der Waals surface area contributed by atoms with Crippen LogP contribution in [0.3, 0.4) is 0 Å². The van der Waals surface area contributed by atoms with Gasteiger partial charge in [0, 0.05) is 56.2 Å². The van der Waals surface area contributed by atoms with Gasteiger partial charge in [0.25, 0.3) is 0 Å². The zero-order chi connectivity index (χ0) is 30.2. The quantitative estimate of drug-likeness (QED) is 0.160. The van der Waals surface area contributed by atoms with Gasteiger partial charge in [-0.25, -0.2) is 9.67 Å². The molecule has 3 aromatic heterocycles. The number of aromatic nitrogens is 4. The van der Waals surface area contributed by atoms with Crippen LogP contribution >= 0.6 is 23.5 Å². The lowest BCUT2D eigenvalue weighted by atomic mass is 10.1. The van der Waals surface area contributed by atoms with E-state index in [-0.39, 0.29) is 0 Å². The Morgan fingerprint density at radius 3 is 2.27 bits per heavy atom. The molecular weight excluding hydrogens is 581 g/mol. The molecule has 0 bridgehead atoms. The van der Waals surface area contributed by atoms with Crippen LogP contribution in [0.1, 0.15) is 25.3 Å². The van der Waals surface area contributed by atoms with Crippen LogP contribution in [-0.2, 0) is 0 Å². The molecule has 0 saturated carbocycles. The lowest BCUT2D eigenvalue weighted by molar-refractivity contribution is 0.483. The summed E-state index contributed by atoms with van der Waals surface area (Å²) in [5, 5.41) is 7.08. The summed E-state index contributed by atoms with van der Waals surface area (Å²) in [4.78, 5) is 7.26. The van der Waals surface area contributed by atoms with Crippen LogP contribution in [0.5, 0.6) is 11.5 Å². The Morgan fingerprint density at radius 2 is 1.48 bits per heavy atom. The molecule has 0 spiro atoms. The molecule has 0 N–H and O–H groups in total. The monoisotopic (exact) mass is 612 g/mol.